The van der Waals surface area contributed by atoms with Gasteiger partial charge in [0.15, 0.2) is 11.1 Å². The highest BCUT2D eigenvalue weighted by Gasteiger charge is 2.27. The third kappa shape index (κ3) is 5.55. The third-order valence-electron chi connectivity index (χ3n) is 5.83. The Hall–Kier alpha value is -3.63. The fraction of sp³-hybridized carbons (Fsp3) is 0.250. The summed E-state index contributed by atoms with van der Waals surface area (Å²) in [6.45, 7) is 0.801. The zero-order valence-corrected chi connectivity index (χ0v) is 20.7. The van der Waals surface area contributed by atoms with Gasteiger partial charge in [-0.3, -0.25) is 5.41 Å². The molecule has 0 unspecified atom stereocenters. The summed E-state index contributed by atoms with van der Waals surface area (Å²) in [6.07, 6.45) is 2.57. The first-order valence-corrected chi connectivity index (χ1v) is 11.9. The molecule has 4 N–H and O–H groups in total. The van der Waals surface area contributed by atoms with Gasteiger partial charge in [-0.05, 0) is 49.2 Å². The number of ether oxygens (including phenoxy) is 1. The van der Waals surface area contributed by atoms with Crippen LogP contribution in [0.15, 0.2) is 58.4 Å². The van der Waals surface area contributed by atoms with Crippen LogP contribution in [0.5, 0.6) is 5.75 Å². The SMILES string of the molecule is COc1cccc(-c2csc(Nc3ccc(-c4noc(C[C@@H]5CCCN5C(=N)N)n4)cc3)n2)c1.Cl. The maximum Gasteiger partial charge on any atom is 0.229 e. The summed E-state index contributed by atoms with van der Waals surface area (Å²) in [4.78, 5) is 11.1. The molecule has 35 heavy (non-hydrogen) atoms. The van der Waals surface area contributed by atoms with Gasteiger partial charge in [-0.25, -0.2) is 4.98 Å². The number of guanidine groups is 1. The molecule has 1 fully saturated rings. The van der Waals surface area contributed by atoms with Crippen molar-refractivity contribution in [1.82, 2.24) is 20.0 Å². The predicted molar refractivity (Wildman–Crippen MR) is 140 cm³/mol. The lowest BCUT2D eigenvalue weighted by atomic mass is 10.1. The van der Waals surface area contributed by atoms with E-state index in [1.54, 1.807) is 18.4 Å². The minimum atomic E-state index is 0. The van der Waals surface area contributed by atoms with E-state index in [1.165, 1.54) is 0 Å². The number of aromatic nitrogens is 3. The van der Waals surface area contributed by atoms with E-state index in [1.807, 2.05) is 58.8 Å². The number of anilines is 2. The first-order valence-electron chi connectivity index (χ1n) is 11.0. The number of likely N-dealkylation sites (tertiary alicyclic amines) is 1. The topological polar surface area (TPSA) is 126 Å². The Morgan fingerprint density at radius 1 is 1.23 bits per heavy atom. The molecule has 1 atom stereocenters. The monoisotopic (exact) mass is 511 g/mol. The average molecular weight is 512 g/mol. The molecule has 0 radical (unpaired) electrons. The van der Waals surface area contributed by atoms with E-state index in [4.69, 9.17) is 20.4 Å². The quantitative estimate of drug-likeness (QED) is 0.235. The Morgan fingerprint density at radius 3 is 2.83 bits per heavy atom. The molecular weight excluding hydrogens is 486 g/mol. The van der Waals surface area contributed by atoms with E-state index in [0.29, 0.717) is 18.1 Å². The van der Waals surface area contributed by atoms with E-state index >= 15 is 0 Å². The summed E-state index contributed by atoms with van der Waals surface area (Å²) in [7, 11) is 1.66. The van der Waals surface area contributed by atoms with Crippen LogP contribution in [-0.2, 0) is 6.42 Å². The number of halogens is 1. The van der Waals surface area contributed by atoms with E-state index in [-0.39, 0.29) is 24.4 Å². The van der Waals surface area contributed by atoms with Gasteiger partial charge in [0.25, 0.3) is 0 Å². The molecule has 11 heteroatoms. The molecular formula is C24H26ClN7O2S. The highest BCUT2D eigenvalue weighted by Crippen LogP contribution is 2.30. The van der Waals surface area contributed by atoms with Crippen LogP contribution in [0.2, 0.25) is 0 Å². The molecule has 0 amide bonds. The normalized spacial score (nSPS) is 15.0. The van der Waals surface area contributed by atoms with Gasteiger partial charge in [-0.1, -0.05) is 17.3 Å². The molecule has 1 aliphatic heterocycles. The van der Waals surface area contributed by atoms with Crippen molar-refractivity contribution >= 4 is 40.5 Å². The molecule has 3 heterocycles. The van der Waals surface area contributed by atoms with Crippen molar-refractivity contribution in [2.24, 2.45) is 5.73 Å². The Kier molecular flexibility index (Phi) is 7.52. The molecule has 4 aromatic rings. The Balaban J connectivity index is 0.00000289. The van der Waals surface area contributed by atoms with Gasteiger partial charge in [0.2, 0.25) is 11.7 Å². The van der Waals surface area contributed by atoms with Gasteiger partial charge in [0, 0.05) is 41.2 Å². The van der Waals surface area contributed by atoms with Crippen LogP contribution >= 0.6 is 23.7 Å². The number of nitrogens with zero attached hydrogens (tertiary/aromatic N) is 4. The Bertz CT molecular complexity index is 1290. The van der Waals surface area contributed by atoms with Gasteiger partial charge in [0.05, 0.1) is 12.8 Å². The second-order valence-corrected chi connectivity index (χ2v) is 8.92. The molecule has 0 aliphatic carbocycles. The highest BCUT2D eigenvalue weighted by molar-refractivity contribution is 7.14. The molecule has 0 bridgehead atoms. The Morgan fingerprint density at radius 2 is 2.06 bits per heavy atom. The van der Waals surface area contributed by atoms with Crippen LogP contribution < -0.4 is 15.8 Å². The van der Waals surface area contributed by atoms with E-state index in [0.717, 1.165) is 52.8 Å². The summed E-state index contributed by atoms with van der Waals surface area (Å²) >= 11 is 1.54. The zero-order chi connectivity index (χ0) is 23.5. The number of methoxy groups -OCH3 is 1. The number of nitrogens with one attached hydrogen (secondary N) is 2. The molecule has 1 saturated heterocycles. The molecule has 1 aliphatic rings. The average Bonchev–Trinajstić information content (AvgIpc) is 3.61. The fourth-order valence-electron chi connectivity index (χ4n) is 4.09. The van der Waals surface area contributed by atoms with Crippen molar-refractivity contribution in [2.75, 3.05) is 19.0 Å². The predicted octanol–water partition coefficient (Wildman–Crippen LogP) is 4.93. The van der Waals surface area contributed by atoms with Crippen molar-refractivity contribution in [2.45, 2.75) is 25.3 Å². The molecule has 2 aromatic heterocycles. The fourth-order valence-corrected chi connectivity index (χ4v) is 4.83. The first-order chi connectivity index (χ1) is 16.6. The summed E-state index contributed by atoms with van der Waals surface area (Å²) in [5, 5.41) is 18.0. The lowest BCUT2D eigenvalue weighted by Crippen LogP contribution is -2.41. The number of rotatable bonds is 7. The van der Waals surface area contributed by atoms with Crippen molar-refractivity contribution in [3.63, 3.8) is 0 Å². The number of nitrogens with two attached hydrogens (primary N) is 1. The number of hydrogen-bond acceptors (Lipinski definition) is 8. The van der Waals surface area contributed by atoms with Crippen LogP contribution in [-0.4, -0.2) is 45.7 Å². The zero-order valence-electron chi connectivity index (χ0n) is 19.1. The van der Waals surface area contributed by atoms with Gasteiger partial charge in [-0.15, -0.1) is 23.7 Å². The van der Waals surface area contributed by atoms with Crippen LogP contribution in [0, 0.1) is 5.41 Å². The van der Waals surface area contributed by atoms with Crippen LogP contribution in [0.4, 0.5) is 10.8 Å². The standard InChI is InChI=1S/C24H25N7O2S.ClH/c1-32-19-6-2-4-16(12-19)20-14-34-24(28-20)27-17-9-7-15(8-10-17)22-29-21(33-30-22)13-18-5-3-11-31(18)23(25)26;/h2,4,6-10,12,14,18H,3,5,11,13H2,1H3,(H3,25,26)(H,27,28);1H/t18-;/m0./s1. The van der Waals surface area contributed by atoms with Gasteiger partial charge >= 0.3 is 0 Å². The minimum Gasteiger partial charge on any atom is -0.497 e. The molecule has 9 nitrogen and oxygen atoms in total. The smallest absolute Gasteiger partial charge is 0.229 e. The summed E-state index contributed by atoms with van der Waals surface area (Å²) in [5.74, 6) is 2.01. The number of thiazole rings is 1. The van der Waals surface area contributed by atoms with Gasteiger partial charge in [-0.2, -0.15) is 4.98 Å². The summed E-state index contributed by atoms with van der Waals surface area (Å²) in [5.41, 5.74) is 9.37. The van der Waals surface area contributed by atoms with E-state index in [9.17, 15) is 0 Å². The molecule has 5 rings (SSSR count). The van der Waals surface area contributed by atoms with Crippen molar-refractivity contribution in [3.8, 4) is 28.4 Å². The second-order valence-electron chi connectivity index (χ2n) is 8.06. The van der Waals surface area contributed by atoms with Gasteiger partial charge in [0.1, 0.15) is 5.75 Å². The van der Waals surface area contributed by atoms with Crippen LogP contribution in [0.3, 0.4) is 0 Å². The van der Waals surface area contributed by atoms with Gasteiger partial charge < -0.3 is 25.2 Å². The largest absolute Gasteiger partial charge is 0.497 e. The maximum atomic E-state index is 7.71. The summed E-state index contributed by atoms with van der Waals surface area (Å²) < 4.78 is 10.8. The maximum absolute atomic E-state index is 7.71. The van der Waals surface area contributed by atoms with Crippen molar-refractivity contribution in [3.05, 3.63) is 59.8 Å². The minimum absolute atomic E-state index is 0. The van der Waals surface area contributed by atoms with Crippen LogP contribution in [0.25, 0.3) is 22.6 Å². The molecule has 2 aromatic carbocycles. The Labute approximate surface area is 213 Å². The second kappa shape index (κ2) is 10.7. The third-order valence-corrected chi connectivity index (χ3v) is 6.59. The number of benzene rings is 2. The van der Waals surface area contributed by atoms with E-state index < -0.39 is 0 Å². The molecule has 0 saturated carbocycles. The first kappa shape index (κ1) is 24.5. The lowest BCUT2D eigenvalue weighted by Gasteiger charge is -2.23. The van der Waals surface area contributed by atoms with Crippen molar-refractivity contribution in [1.29, 1.82) is 5.41 Å². The number of hydrogen-bond donors (Lipinski definition) is 3. The lowest BCUT2D eigenvalue weighted by molar-refractivity contribution is 0.320. The summed E-state index contributed by atoms with van der Waals surface area (Å²) in [6, 6.07) is 15.8. The molecule has 182 valence electrons. The highest BCUT2D eigenvalue weighted by atomic mass is 35.5. The van der Waals surface area contributed by atoms with E-state index in [2.05, 4.69) is 20.4 Å². The van der Waals surface area contributed by atoms with Crippen LogP contribution in [0.1, 0.15) is 18.7 Å². The van der Waals surface area contributed by atoms with Crippen molar-refractivity contribution < 1.29 is 9.26 Å². The molecule has 0 spiro atoms.